The molecule has 1 rings (SSSR count). The fraction of sp³-hybridized carbons (Fsp3) is 0.429. The number of benzene rings is 1. The molecule has 104 valence electrons. The maximum Gasteiger partial charge on any atom is 0.306 e. The molecule has 0 saturated heterocycles. The van der Waals surface area contributed by atoms with Crippen LogP contribution in [0.25, 0.3) is 0 Å². The molecular weight excluding hydrogens is 251 g/mol. The molecule has 0 aromatic heterocycles. The van der Waals surface area contributed by atoms with Gasteiger partial charge in [0.15, 0.2) is 0 Å². The van der Waals surface area contributed by atoms with Gasteiger partial charge in [-0.15, -0.1) is 0 Å². The van der Waals surface area contributed by atoms with E-state index in [2.05, 4.69) is 0 Å². The van der Waals surface area contributed by atoms with Crippen LogP contribution in [0.1, 0.15) is 38.4 Å². The summed E-state index contributed by atoms with van der Waals surface area (Å²) in [6.07, 6.45) is -0.787. The van der Waals surface area contributed by atoms with Gasteiger partial charge in [0.05, 0.1) is 19.4 Å². The zero-order valence-corrected chi connectivity index (χ0v) is 11.0. The van der Waals surface area contributed by atoms with Gasteiger partial charge in [-0.05, 0) is 19.9 Å². The second-order valence-electron chi connectivity index (χ2n) is 3.96. The van der Waals surface area contributed by atoms with Crippen molar-refractivity contribution in [3.8, 4) is 0 Å². The summed E-state index contributed by atoms with van der Waals surface area (Å²) < 4.78 is 23.2. The Labute approximate surface area is 111 Å². The van der Waals surface area contributed by atoms with Gasteiger partial charge in [0.1, 0.15) is 11.9 Å². The largest absolute Gasteiger partial charge is 0.466 e. The van der Waals surface area contributed by atoms with Crippen molar-refractivity contribution in [2.75, 3.05) is 6.61 Å². The first-order valence-corrected chi connectivity index (χ1v) is 6.14. The van der Waals surface area contributed by atoms with E-state index in [1.807, 2.05) is 0 Å². The van der Waals surface area contributed by atoms with Crippen molar-refractivity contribution < 1.29 is 23.5 Å². The minimum Gasteiger partial charge on any atom is -0.466 e. The van der Waals surface area contributed by atoms with E-state index in [9.17, 15) is 14.0 Å². The summed E-state index contributed by atoms with van der Waals surface area (Å²) in [4.78, 5) is 22.6. The van der Waals surface area contributed by atoms with Gasteiger partial charge >= 0.3 is 11.9 Å². The van der Waals surface area contributed by atoms with Crippen LogP contribution in [-0.4, -0.2) is 18.5 Å². The van der Waals surface area contributed by atoms with Gasteiger partial charge < -0.3 is 9.47 Å². The zero-order chi connectivity index (χ0) is 14.3. The van der Waals surface area contributed by atoms with Gasteiger partial charge in [-0.2, -0.15) is 0 Å². The molecule has 0 N–H and O–H groups in total. The van der Waals surface area contributed by atoms with Crippen LogP contribution in [0.3, 0.4) is 0 Å². The Balaban J connectivity index is 2.44. The van der Waals surface area contributed by atoms with Crippen molar-refractivity contribution in [2.45, 2.75) is 32.8 Å². The Bertz CT molecular complexity index is 445. The van der Waals surface area contributed by atoms with Crippen molar-refractivity contribution in [1.82, 2.24) is 0 Å². The highest BCUT2D eigenvalue weighted by atomic mass is 19.1. The molecule has 0 aliphatic carbocycles. The van der Waals surface area contributed by atoms with E-state index in [1.165, 1.54) is 6.07 Å². The van der Waals surface area contributed by atoms with Crippen LogP contribution in [0.2, 0.25) is 0 Å². The molecule has 1 aromatic rings. The number of rotatable bonds is 6. The lowest BCUT2D eigenvalue weighted by molar-refractivity contribution is -0.153. The summed E-state index contributed by atoms with van der Waals surface area (Å²) in [7, 11) is 0. The Hall–Kier alpha value is -1.91. The quantitative estimate of drug-likeness (QED) is 0.744. The molecular formula is C14H17FO4. The average Bonchev–Trinajstić information content (AvgIpc) is 2.37. The molecule has 0 amide bonds. The monoisotopic (exact) mass is 268 g/mol. The summed E-state index contributed by atoms with van der Waals surface area (Å²) in [6, 6.07) is 6.09. The van der Waals surface area contributed by atoms with Gasteiger partial charge in [-0.25, -0.2) is 4.39 Å². The molecule has 4 nitrogen and oxygen atoms in total. The number of hydrogen-bond donors (Lipinski definition) is 0. The Kier molecular flexibility index (Phi) is 5.99. The van der Waals surface area contributed by atoms with Crippen LogP contribution in [-0.2, 0) is 19.1 Å². The second-order valence-corrected chi connectivity index (χ2v) is 3.96. The first kappa shape index (κ1) is 15.1. The van der Waals surface area contributed by atoms with Crippen LogP contribution in [0, 0.1) is 5.82 Å². The lowest BCUT2D eigenvalue weighted by atomic mass is 10.1. The highest BCUT2D eigenvalue weighted by Crippen LogP contribution is 2.20. The molecule has 0 saturated carbocycles. The van der Waals surface area contributed by atoms with Gasteiger partial charge in [-0.1, -0.05) is 18.2 Å². The fourth-order valence-corrected chi connectivity index (χ4v) is 1.56. The van der Waals surface area contributed by atoms with Gasteiger partial charge in [-0.3, -0.25) is 9.59 Å². The Morgan fingerprint density at radius 1 is 1.21 bits per heavy atom. The summed E-state index contributed by atoms with van der Waals surface area (Å²) >= 11 is 0. The first-order valence-electron chi connectivity index (χ1n) is 6.14. The predicted molar refractivity (Wildman–Crippen MR) is 66.8 cm³/mol. The minimum atomic E-state index is -0.684. The van der Waals surface area contributed by atoms with Crippen LogP contribution in [0.4, 0.5) is 4.39 Å². The summed E-state index contributed by atoms with van der Waals surface area (Å²) in [5.41, 5.74) is 0.312. The molecule has 1 unspecified atom stereocenters. The predicted octanol–water partition coefficient (Wildman–Crippen LogP) is 2.77. The molecule has 5 heteroatoms. The zero-order valence-electron chi connectivity index (χ0n) is 11.0. The molecule has 19 heavy (non-hydrogen) atoms. The second kappa shape index (κ2) is 7.51. The van der Waals surface area contributed by atoms with Crippen LogP contribution in [0.5, 0.6) is 0 Å². The maximum atomic E-state index is 13.4. The summed E-state index contributed by atoms with van der Waals surface area (Å²) in [6.45, 7) is 3.55. The molecule has 1 aromatic carbocycles. The molecule has 0 fully saturated rings. The van der Waals surface area contributed by atoms with E-state index >= 15 is 0 Å². The van der Waals surface area contributed by atoms with E-state index in [1.54, 1.807) is 32.0 Å². The smallest absolute Gasteiger partial charge is 0.306 e. The molecule has 0 spiro atoms. The average molecular weight is 268 g/mol. The number of hydrogen-bond acceptors (Lipinski definition) is 4. The van der Waals surface area contributed by atoms with Crippen molar-refractivity contribution >= 4 is 11.9 Å². The van der Waals surface area contributed by atoms with Crippen molar-refractivity contribution in [2.24, 2.45) is 0 Å². The Morgan fingerprint density at radius 3 is 2.47 bits per heavy atom. The third-order valence-electron chi connectivity index (χ3n) is 2.49. The SMILES string of the molecule is CCOC(=O)CCC(=O)OC(C)c1ccccc1F. The third kappa shape index (κ3) is 5.07. The molecule has 0 aliphatic heterocycles. The van der Waals surface area contributed by atoms with Crippen LogP contribution < -0.4 is 0 Å². The van der Waals surface area contributed by atoms with Crippen LogP contribution >= 0.6 is 0 Å². The van der Waals surface area contributed by atoms with Gasteiger partial charge in [0.2, 0.25) is 0 Å². The van der Waals surface area contributed by atoms with E-state index < -0.39 is 23.9 Å². The normalized spacial score (nSPS) is 11.7. The molecule has 0 bridgehead atoms. The summed E-state index contributed by atoms with van der Waals surface area (Å²) in [5, 5.41) is 0. The summed E-state index contributed by atoms with van der Waals surface area (Å²) in [5.74, 6) is -1.42. The molecule has 0 radical (unpaired) electrons. The van der Waals surface area contributed by atoms with Crippen molar-refractivity contribution in [3.05, 3.63) is 35.6 Å². The van der Waals surface area contributed by atoms with E-state index in [-0.39, 0.29) is 19.4 Å². The maximum absolute atomic E-state index is 13.4. The number of carbonyl (C=O) groups excluding carboxylic acids is 2. The molecule has 0 heterocycles. The lowest BCUT2D eigenvalue weighted by Gasteiger charge is -2.14. The topological polar surface area (TPSA) is 52.6 Å². The van der Waals surface area contributed by atoms with Gasteiger partial charge in [0.25, 0.3) is 0 Å². The van der Waals surface area contributed by atoms with Crippen LogP contribution in [0.15, 0.2) is 24.3 Å². The highest BCUT2D eigenvalue weighted by Gasteiger charge is 2.16. The fourth-order valence-electron chi connectivity index (χ4n) is 1.56. The van der Waals surface area contributed by atoms with E-state index in [0.29, 0.717) is 5.56 Å². The number of ether oxygens (including phenoxy) is 2. The van der Waals surface area contributed by atoms with Crippen molar-refractivity contribution in [1.29, 1.82) is 0 Å². The first-order chi connectivity index (χ1) is 9.04. The Morgan fingerprint density at radius 2 is 1.84 bits per heavy atom. The standard InChI is InChI=1S/C14H17FO4/c1-3-18-13(16)8-9-14(17)19-10(2)11-6-4-5-7-12(11)15/h4-7,10H,3,8-9H2,1-2H3. The van der Waals surface area contributed by atoms with E-state index in [4.69, 9.17) is 9.47 Å². The molecule has 0 aliphatic rings. The molecule has 1 atom stereocenters. The minimum absolute atomic E-state index is 0.0311. The van der Waals surface area contributed by atoms with E-state index in [0.717, 1.165) is 0 Å². The lowest BCUT2D eigenvalue weighted by Crippen LogP contribution is -2.13. The number of carbonyl (C=O) groups is 2. The number of esters is 2. The van der Waals surface area contributed by atoms with Crippen molar-refractivity contribution in [3.63, 3.8) is 0 Å². The highest BCUT2D eigenvalue weighted by molar-refractivity contribution is 5.77. The number of halogens is 1. The third-order valence-corrected chi connectivity index (χ3v) is 2.49. The van der Waals surface area contributed by atoms with Gasteiger partial charge in [0, 0.05) is 5.56 Å².